The first-order valence-corrected chi connectivity index (χ1v) is 18.8. The first kappa shape index (κ1) is 30.0. The highest BCUT2D eigenvalue weighted by Crippen LogP contribution is 2.47. The van der Waals surface area contributed by atoms with E-state index in [4.69, 9.17) is 16.3 Å². The second-order valence-electron chi connectivity index (χ2n) is 14.0. The van der Waals surface area contributed by atoms with Gasteiger partial charge in [-0.1, -0.05) is 30.5 Å². The number of hydrogen-bond donors (Lipinski definition) is 2. The Bertz CT molecular complexity index is 1560. The number of rotatable bonds is 2. The number of ether oxygens (including phenoxy) is 1. The number of halogens is 1. The molecule has 0 radical (unpaired) electrons. The normalized spacial score (nSPS) is 32.2. The van der Waals surface area contributed by atoms with E-state index in [9.17, 15) is 13.8 Å². The van der Waals surface area contributed by atoms with Gasteiger partial charge in [0.15, 0.2) is 0 Å². The number of nitrogens with one attached hydrogen (secondary N) is 2. The van der Waals surface area contributed by atoms with Crippen molar-refractivity contribution >= 4 is 44.7 Å². The van der Waals surface area contributed by atoms with Gasteiger partial charge in [0.1, 0.15) is 5.75 Å². The van der Waals surface area contributed by atoms with Gasteiger partial charge >= 0.3 is 0 Å². The van der Waals surface area contributed by atoms with Crippen molar-refractivity contribution in [1.29, 1.82) is 0 Å². The highest BCUT2D eigenvalue weighted by molar-refractivity contribution is 7.99. The van der Waals surface area contributed by atoms with Gasteiger partial charge in [-0.15, -0.1) is 0 Å². The van der Waals surface area contributed by atoms with Gasteiger partial charge in [-0.3, -0.25) is 14.3 Å². The summed E-state index contributed by atoms with van der Waals surface area (Å²) in [6, 6.07) is 12.0. The molecule has 5 aliphatic rings. The lowest BCUT2D eigenvalue weighted by atomic mass is 9.67. The Morgan fingerprint density at radius 2 is 1.93 bits per heavy atom. The zero-order chi connectivity index (χ0) is 30.5. The van der Waals surface area contributed by atoms with Gasteiger partial charge in [-0.25, -0.2) is 4.21 Å². The van der Waals surface area contributed by atoms with Gasteiger partial charge in [0.2, 0.25) is 5.91 Å². The molecule has 2 fully saturated rings. The number of fused-ring (bicyclic) bond motifs is 4. The number of carbonyl (C=O) groups is 2. The van der Waals surface area contributed by atoms with Crippen LogP contribution in [0.4, 0.5) is 5.69 Å². The molecular weight excluding hydrogens is 594 g/mol. The molecule has 7 nitrogen and oxygen atoms in total. The first-order valence-electron chi connectivity index (χ1n) is 16.5. The average Bonchev–Trinajstić information content (AvgIpc) is 3.83. The Morgan fingerprint density at radius 3 is 2.73 bits per heavy atom. The van der Waals surface area contributed by atoms with E-state index in [1.807, 2.05) is 18.2 Å². The number of amides is 2. The molecule has 2 amide bonds. The van der Waals surface area contributed by atoms with Gasteiger partial charge < -0.3 is 15.0 Å². The topological polar surface area (TPSA) is 87.7 Å². The molecule has 1 spiro atoms. The zero-order valence-electron chi connectivity index (χ0n) is 25.5. The summed E-state index contributed by atoms with van der Waals surface area (Å²) in [5, 5.41) is 4.23. The zero-order valence-corrected chi connectivity index (χ0v) is 27.0. The summed E-state index contributed by atoms with van der Waals surface area (Å²) >= 11 is 6.44. The SMILES string of the molecule is C=S1(=O)CCCCC[C@H](NC(=O)C2CC2)[C@@H]2CC[C@H]2CN2C[C@@]3(CCCc4cc(Cl)ccc43)COc3ccc(cc32)C(=O)N1. The summed E-state index contributed by atoms with van der Waals surface area (Å²) < 4.78 is 22.6. The molecule has 2 bridgehead atoms. The summed E-state index contributed by atoms with van der Waals surface area (Å²) in [6.45, 7) is 2.16. The smallest absolute Gasteiger partial charge is 0.262 e. The minimum atomic E-state index is -2.78. The largest absolute Gasteiger partial charge is 0.490 e. The number of anilines is 1. The highest BCUT2D eigenvalue weighted by atomic mass is 35.5. The maximum absolute atomic E-state index is 13.4. The van der Waals surface area contributed by atoms with Crippen molar-refractivity contribution in [3.63, 3.8) is 0 Å². The molecule has 2 N–H and O–H groups in total. The van der Waals surface area contributed by atoms with E-state index >= 15 is 0 Å². The second-order valence-corrected chi connectivity index (χ2v) is 16.6. The quantitative estimate of drug-likeness (QED) is 0.415. The van der Waals surface area contributed by atoms with Crippen LogP contribution in [-0.4, -0.2) is 53.4 Å². The van der Waals surface area contributed by atoms with Crippen LogP contribution in [-0.2, 0) is 26.3 Å². The van der Waals surface area contributed by atoms with Crippen molar-refractivity contribution in [3.8, 4) is 5.75 Å². The first-order chi connectivity index (χ1) is 21.2. The summed E-state index contributed by atoms with van der Waals surface area (Å²) in [5.74, 6) is 5.88. The van der Waals surface area contributed by atoms with Crippen molar-refractivity contribution < 1.29 is 18.5 Å². The van der Waals surface area contributed by atoms with Crippen LogP contribution in [0.25, 0.3) is 0 Å². The predicted octanol–water partition coefficient (Wildman–Crippen LogP) is 5.67. The van der Waals surface area contributed by atoms with Gasteiger partial charge in [0, 0.05) is 56.5 Å². The lowest BCUT2D eigenvalue weighted by Gasteiger charge is -2.47. The summed E-state index contributed by atoms with van der Waals surface area (Å²) in [7, 11) is -2.78. The van der Waals surface area contributed by atoms with E-state index in [1.54, 1.807) is 6.07 Å². The van der Waals surface area contributed by atoms with Crippen molar-refractivity contribution in [2.45, 2.75) is 82.1 Å². The lowest BCUT2D eigenvalue weighted by Crippen LogP contribution is -2.52. The Hall–Kier alpha value is -2.71. The average molecular weight is 638 g/mol. The number of nitrogens with zero attached hydrogens (tertiary/aromatic N) is 1. The third kappa shape index (κ3) is 6.09. The van der Waals surface area contributed by atoms with Crippen LogP contribution in [0.3, 0.4) is 0 Å². The Balaban J connectivity index is 1.26. The molecular formula is C35H44ClN3O4S. The minimum Gasteiger partial charge on any atom is -0.490 e. The molecule has 236 valence electrons. The third-order valence-corrected chi connectivity index (χ3v) is 12.5. The van der Waals surface area contributed by atoms with Crippen LogP contribution >= 0.6 is 11.6 Å². The van der Waals surface area contributed by atoms with Gasteiger partial charge in [-0.2, -0.15) is 0 Å². The van der Waals surface area contributed by atoms with E-state index in [0.717, 1.165) is 100 Å². The van der Waals surface area contributed by atoms with E-state index in [-0.39, 0.29) is 29.2 Å². The minimum absolute atomic E-state index is 0.152. The molecule has 0 aromatic heterocycles. The fourth-order valence-corrected chi connectivity index (χ4v) is 9.51. The molecule has 3 aliphatic carbocycles. The fraction of sp³-hybridized carbons (Fsp3) is 0.571. The molecule has 44 heavy (non-hydrogen) atoms. The highest BCUT2D eigenvalue weighted by Gasteiger charge is 2.45. The fourth-order valence-electron chi connectivity index (χ4n) is 8.08. The van der Waals surface area contributed by atoms with Crippen molar-refractivity contribution in [2.24, 2.45) is 17.8 Å². The molecule has 2 aliphatic heterocycles. The summed E-state index contributed by atoms with van der Waals surface area (Å²) in [5.41, 5.74) is 3.76. The standard InChI is InChI=1S/C35H44ClN3O4S/c1-44(42)17-4-2-3-7-30(37-33(40)23-8-9-23)28-13-10-26(28)20-39-21-35(16-5-6-24-18-27(36)12-14-29(24)35)22-43-32-15-11-25(19-31(32)39)34(41)38-44/h11-12,14-15,18-19,23,26,28,30H,1-10,13,16-17,20-22H2,(H,37,40)(H,38,41,42)/t26-,28+,30-,35-,44?/m0/s1. The molecule has 2 aromatic rings. The number of aryl methyl sites for hydroxylation is 1. The molecule has 9 heteroatoms. The molecule has 2 aromatic carbocycles. The third-order valence-electron chi connectivity index (χ3n) is 10.8. The van der Waals surface area contributed by atoms with Gasteiger partial charge in [0.25, 0.3) is 5.91 Å². The van der Waals surface area contributed by atoms with Crippen molar-refractivity contribution in [1.82, 2.24) is 10.0 Å². The molecule has 1 unspecified atom stereocenters. The maximum atomic E-state index is 13.4. The predicted molar refractivity (Wildman–Crippen MR) is 177 cm³/mol. The molecule has 7 rings (SSSR count). The summed E-state index contributed by atoms with van der Waals surface area (Å²) in [4.78, 5) is 28.8. The maximum Gasteiger partial charge on any atom is 0.262 e. The van der Waals surface area contributed by atoms with E-state index in [0.29, 0.717) is 29.8 Å². The van der Waals surface area contributed by atoms with Crippen LogP contribution in [0.5, 0.6) is 5.75 Å². The second kappa shape index (κ2) is 11.9. The summed E-state index contributed by atoms with van der Waals surface area (Å²) in [6.07, 6.45) is 10.8. The number of benzene rings is 2. The van der Waals surface area contributed by atoms with Crippen LogP contribution < -0.4 is 19.7 Å². The van der Waals surface area contributed by atoms with Crippen LogP contribution in [0.1, 0.15) is 85.7 Å². The molecule has 5 atom stereocenters. The van der Waals surface area contributed by atoms with Crippen molar-refractivity contribution in [2.75, 3.05) is 30.3 Å². The molecule has 2 saturated carbocycles. The van der Waals surface area contributed by atoms with E-state index < -0.39 is 9.71 Å². The Morgan fingerprint density at radius 1 is 1.07 bits per heavy atom. The van der Waals surface area contributed by atoms with E-state index in [1.165, 1.54) is 11.1 Å². The van der Waals surface area contributed by atoms with Gasteiger partial charge in [0.05, 0.1) is 12.3 Å². The number of hydrogen-bond acceptors (Lipinski definition) is 5. The Kier molecular flexibility index (Phi) is 8.11. The number of carbonyl (C=O) groups excluding carboxylic acids is 2. The van der Waals surface area contributed by atoms with Crippen LogP contribution in [0.2, 0.25) is 5.02 Å². The molecule has 2 heterocycles. The lowest BCUT2D eigenvalue weighted by molar-refractivity contribution is -0.124. The van der Waals surface area contributed by atoms with Crippen molar-refractivity contribution in [3.05, 3.63) is 58.1 Å². The molecule has 0 saturated heterocycles. The van der Waals surface area contributed by atoms with Crippen LogP contribution in [0, 0.1) is 17.8 Å². The van der Waals surface area contributed by atoms with E-state index in [2.05, 4.69) is 32.9 Å². The Labute approximate surface area is 266 Å². The van der Waals surface area contributed by atoms with Crippen LogP contribution in [0.15, 0.2) is 36.4 Å². The monoisotopic (exact) mass is 637 g/mol. The van der Waals surface area contributed by atoms with Gasteiger partial charge in [-0.05, 0) is 117 Å².